The van der Waals surface area contributed by atoms with Gasteiger partial charge in [0.25, 0.3) is 0 Å². The first-order valence-electron chi connectivity index (χ1n) is 5.21. The van der Waals surface area contributed by atoms with Gasteiger partial charge in [-0.15, -0.1) is 11.6 Å². The topological polar surface area (TPSA) is 72.5 Å². The third kappa shape index (κ3) is 3.97. The maximum Gasteiger partial charge on any atom is 0.306 e. The smallest absolute Gasteiger partial charge is 0.306 e. The van der Waals surface area contributed by atoms with Crippen LogP contribution in [0.2, 0.25) is 0 Å². The first-order valence-corrected chi connectivity index (χ1v) is 7.23. The van der Waals surface area contributed by atoms with Crippen LogP contribution in [0.4, 0.5) is 0 Å². The first-order chi connectivity index (χ1) is 8.51. The van der Waals surface area contributed by atoms with Crippen LogP contribution in [-0.4, -0.2) is 28.0 Å². The summed E-state index contributed by atoms with van der Waals surface area (Å²) >= 11 is 5.68. The van der Waals surface area contributed by atoms with E-state index in [0.717, 1.165) is 0 Å². The zero-order valence-corrected chi connectivity index (χ0v) is 11.4. The molecule has 0 aromatic heterocycles. The third-order valence-corrected chi connectivity index (χ3v) is 4.10. The molecule has 1 rings (SSSR count). The number of ether oxygens (including phenoxy) is 1. The summed E-state index contributed by atoms with van der Waals surface area (Å²) in [6.07, 6.45) is -0.0151. The molecule has 0 amide bonds. The highest BCUT2D eigenvalue weighted by Crippen LogP contribution is 2.16. The number of benzene rings is 1. The molecule has 0 saturated carbocycles. The number of nitrogens with one attached hydrogen (secondary N) is 1. The molecule has 0 heterocycles. The molecule has 7 heteroatoms. The number of alkyl halides is 1. The van der Waals surface area contributed by atoms with Crippen LogP contribution < -0.4 is 4.72 Å². The molecule has 0 saturated heterocycles. The van der Waals surface area contributed by atoms with Crippen LogP contribution in [0.15, 0.2) is 29.2 Å². The van der Waals surface area contributed by atoms with E-state index >= 15 is 0 Å². The molecule has 1 N–H and O–H groups in total. The molecule has 0 aliphatic rings. The maximum absolute atomic E-state index is 12.0. The van der Waals surface area contributed by atoms with Gasteiger partial charge in [0.15, 0.2) is 0 Å². The molecule has 0 aliphatic heterocycles. The van der Waals surface area contributed by atoms with Gasteiger partial charge < -0.3 is 4.74 Å². The van der Waals surface area contributed by atoms with Gasteiger partial charge in [-0.25, -0.2) is 13.1 Å². The Bertz CT molecular complexity index is 516. The summed E-state index contributed by atoms with van der Waals surface area (Å²) in [6.45, 7) is -0.00831. The van der Waals surface area contributed by atoms with E-state index in [-0.39, 0.29) is 23.7 Å². The molecule has 0 bridgehead atoms. The summed E-state index contributed by atoms with van der Waals surface area (Å²) in [5.74, 6) is -0.364. The molecule has 1 aromatic carbocycles. The lowest BCUT2D eigenvalue weighted by Gasteiger charge is -2.09. The molecular weight excluding hydrogens is 278 g/mol. The molecule has 1 aromatic rings. The first kappa shape index (κ1) is 14.9. The minimum atomic E-state index is -3.65. The number of halogens is 1. The molecule has 0 radical (unpaired) electrons. The number of rotatable bonds is 6. The van der Waals surface area contributed by atoms with Crippen molar-refractivity contribution in [3.05, 3.63) is 29.8 Å². The summed E-state index contributed by atoms with van der Waals surface area (Å²) in [5.41, 5.74) is 0.518. The SMILES string of the molecule is COC(=O)CCNS(=O)(=O)c1ccccc1CCl. The van der Waals surface area contributed by atoms with Crippen LogP contribution in [0.5, 0.6) is 0 Å². The second kappa shape index (κ2) is 6.72. The zero-order valence-electron chi connectivity index (χ0n) is 9.85. The fourth-order valence-electron chi connectivity index (χ4n) is 1.34. The predicted molar refractivity (Wildman–Crippen MR) is 67.8 cm³/mol. The van der Waals surface area contributed by atoms with E-state index in [9.17, 15) is 13.2 Å². The second-order valence-corrected chi connectivity index (χ2v) is 5.47. The number of carbonyl (C=O) groups excluding carboxylic acids is 1. The molecule has 0 spiro atoms. The number of hydrogen-bond acceptors (Lipinski definition) is 4. The minimum absolute atomic E-state index is 0.00831. The van der Waals surface area contributed by atoms with Crippen molar-refractivity contribution in [2.24, 2.45) is 0 Å². The fourth-order valence-corrected chi connectivity index (χ4v) is 2.93. The Morgan fingerprint density at radius 1 is 1.39 bits per heavy atom. The monoisotopic (exact) mass is 291 g/mol. The van der Waals surface area contributed by atoms with Crippen molar-refractivity contribution in [3.8, 4) is 0 Å². The number of hydrogen-bond donors (Lipinski definition) is 1. The highest BCUT2D eigenvalue weighted by Gasteiger charge is 2.17. The average molecular weight is 292 g/mol. The van der Waals surface area contributed by atoms with Crippen molar-refractivity contribution >= 4 is 27.6 Å². The van der Waals surface area contributed by atoms with E-state index in [1.165, 1.54) is 13.2 Å². The summed E-state index contributed by atoms with van der Waals surface area (Å²) < 4.78 is 30.7. The molecule has 5 nitrogen and oxygen atoms in total. The Morgan fingerprint density at radius 2 is 2.06 bits per heavy atom. The number of carbonyl (C=O) groups is 1. The Labute approximate surface area is 111 Å². The van der Waals surface area contributed by atoms with E-state index in [1.54, 1.807) is 18.2 Å². The van der Waals surface area contributed by atoms with Gasteiger partial charge in [-0.05, 0) is 11.6 Å². The van der Waals surface area contributed by atoms with Gasteiger partial charge in [0.1, 0.15) is 0 Å². The predicted octanol–water partition coefficient (Wildman–Crippen LogP) is 1.27. The lowest BCUT2D eigenvalue weighted by molar-refractivity contribution is -0.140. The maximum atomic E-state index is 12.0. The standard InChI is InChI=1S/C11H14ClNO4S/c1-17-11(14)6-7-13-18(15,16)10-5-3-2-4-9(10)8-12/h2-5,13H,6-8H2,1H3. The Hall–Kier alpha value is -1.11. The molecular formula is C11H14ClNO4S. The molecule has 0 aliphatic carbocycles. The van der Waals surface area contributed by atoms with Gasteiger partial charge in [-0.3, -0.25) is 4.79 Å². The van der Waals surface area contributed by atoms with Crippen molar-refractivity contribution in [1.82, 2.24) is 4.72 Å². The van der Waals surface area contributed by atoms with Gasteiger partial charge in [0, 0.05) is 12.4 Å². The van der Waals surface area contributed by atoms with Gasteiger partial charge in [-0.1, -0.05) is 18.2 Å². The van der Waals surface area contributed by atoms with Gasteiger partial charge >= 0.3 is 5.97 Å². The molecule has 0 atom stereocenters. The largest absolute Gasteiger partial charge is 0.469 e. The van der Waals surface area contributed by atoms with E-state index < -0.39 is 16.0 Å². The van der Waals surface area contributed by atoms with Crippen LogP contribution in [0, 0.1) is 0 Å². The van der Waals surface area contributed by atoms with Gasteiger partial charge in [0.05, 0.1) is 18.4 Å². The summed E-state index contributed by atoms with van der Waals surface area (Å²) in [4.78, 5) is 11.0. The van der Waals surface area contributed by atoms with Crippen LogP contribution >= 0.6 is 11.6 Å². The third-order valence-electron chi connectivity index (χ3n) is 2.25. The van der Waals surface area contributed by atoms with Crippen LogP contribution in [0.25, 0.3) is 0 Å². The molecule has 0 fully saturated rings. The van der Waals surface area contributed by atoms with E-state index in [0.29, 0.717) is 5.56 Å². The van der Waals surface area contributed by atoms with Gasteiger partial charge in [0.2, 0.25) is 10.0 Å². The van der Waals surface area contributed by atoms with Crippen molar-refractivity contribution in [3.63, 3.8) is 0 Å². The fraction of sp³-hybridized carbons (Fsp3) is 0.364. The second-order valence-electron chi connectivity index (χ2n) is 3.47. The Balaban J connectivity index is 2.77. The summed E-state index contributed by atoms with van der Waals surface area (Å²) in [5, 5.41) is 0. The van der Waals surface area contributed by atoms with Crippen molar-refractivity contribution in [2.75, 3.05) is 13.7 Å². The van der Waals surface area contributed by atoms with Crippen LogP contribution in [0.3, 0.4) is 0 Å². The molecule has 100 valence electrons. The van der Waals surface area contributed by atoms with E-state index in [4.69, 9.17) is 11.6 Å². The lowest BCUT2D eigenvalue weighted by atomic mass is 10.2. The number of esters is 1. The molecule has 18 heavy (non-hydrogen) atoms. The minimum Gasteiger partial charge on any atom is -0.469 e. The Morgan fingerprint density at radius 3 is 2.67 bits per heavy atom. The number of sulfonamides is 1. The summed E-state index contributed by atoms with van der Waals surface area (Å²) in [7, 11) is -2.40. The van der Waals surface area contributed by atoms with E-state index in [2.05, 4.69) is 9.46 Å². The average Bonchev–Trinajstić information content (AvgIpc) is 2.38. The van der Waals surface area contributed by atoms with Gasteiger partial charge in [-0.2, -0.15) is 0 Å². The summed E-state index contributed by atoms with van der Waals surface area (Å²) in [6, 6.07) is 6.44. The van der Waals surface area contributed by atoms with Crippen LogP contribution in [-0.2, 0) is 25.4 Å². The van der Waals surface area contributed by atoms with Crippen molar-refractivity contribution < 1.29 is 17.9 Å². The normalized spacial score (nSPS) is 11.2. The van der Waals surface area contributed by atoms with E-state index in [1.807, 2.05) is 0 Å². The van der Waals surface area contributed by atoms with Crippen molar-refractivity contribution in [1.29, 1.82) is 0 Å². The van der Waals surface area contributed by atoms with Crippen molar-refractivity contribution in [2.45, 2.75) is 17.2 Å². The Kier molecular flexibility index (Phi) is 5.58. The zero-order chi connectivity index (χ0) is 13.6. The lowest BCUT2D eigenvalue weighted by Crippen LogP contribution is -2.27. The number of methoxy groups -OCH3 is 1. The quantitative estimate of drug-likeness (QED) is 0.633. The highest BCUT2D eigenvalue weighted by atomic mass is 35.5. The van der Waals surface area contributed by atoms with Crippen LogP contribution in [0.1, 0.15) is 12.0 Å². The highest BCUT2D eigenvalue weighted by molar-refractivity contribution is 7.89. The molecule has 0 unspecified atom stereocenters.